The molecule has 0 spiro atoms. The van der Waals surface area contributed by atoms with Crippen molar-refractivity contribution in [2.45, 2.75) is 13.8 Å². The molecule has 0 unspecified atom stereocenters. The van der Waals surface area contributed by atoms with Crippen molar-refractivity contribution in [3.05, 3.63) is 11.6 Å². The minimum Gasteiger partial charge on any atom is -0.337 e. The topological polar surface area (TPSA) is 20.3 Å². The van der Waals surface area contributed by atoms with Crippen LogP contribution in [0, 0.1) is 0 Å². The molecule has 1 heterocycles. The van der Waals surface area contributed by atoms with E-state index in [1.54, 1.807) is 0 Å². The van der Waals surface area contributed by atoms with Crippen LogP contribution in [0.4, 0.5) is 0 Å². The number of carbonyl (C=O) groups excluding carboxylic acids is 1. The van der Waals surface area contributed by atoms with Gasteiger partial charge in [-0.1, -0.05) is 6.08 Å². The number of hydrogen-bond acceptors (Lipinski definition) is 2. The molecule has 0 N–H and O–H groups in total. The van der Waals surface area contributed by atoms with E-state index >= 15 is 0 Å². The maximum absolute atomic E-state index is 11.6. The van der Waals surface area contributed by atoms with Crippen LogP contribution in [0.5, 0.6) is 0 Å². The van der Waals surface area contributed by atoms with Crippen molar-refractivity contribution in [3.63, 3.8) is 0 Å². The second-order valence-corrected chi connectivity index (χ2v) is 4.10. The molecule has 2 nitrogen and oxygen atoms in total. The largest absolute Gasteiger partial charge is 0.337 e. The number of thioether (sulfide) groups is 1. The van der Waals surface area contributed by atoms with Crippen LogP contribution in [0.2, 0.25) is 0 Å². The first-order chi connectivity index (χ1) is 5.75. The van der Waals surface area contributed by atoms with Gasteiger partial charge in [0.2, 0.25) is 5.91 Å². The zero-order chi connectivity index (χ0) is 8.97. The van der Waals surface area contributed by atoms with Crippen LogP contribution >= 0.6 is 11.8 Å². The second kappa shape index (κ2) is 4.55. The van der Waals surface area contributed by atoms with E-state index in [4.69, 9.17) is 0 Å². The molecule has 3 heteroatoms. The van der Waals surface area contributed by atoms with E-state index < -0.39 is 0 Å². The molecule has 0 bridgehead atoms. The highest BCUT2D eigenvalue weighted by Gasteiger charge is 2.16. The first-order valence-corrected chi connectivity index (χ1v) is 5.41. The predicted molar refractivity (Wildman–Crippen MR) is 53.3 cm³/mol. The highest BCUT2D eigenvalue weighted by molar-refractivity contribution is 7.99. The monoisotopic (exact) mass is 185 g/mol. The van der Waals surface area contributed by atoms with Crippen LogP contribution in [0.3, 0.4) is 0 Å². The SMILES string of the molecule is C/C=C(/C)C(=O)N1CCSCC1. The third-order valence-electron chi connectivity index (χ3n) is 2.07. The number of carbonyl (C=O) groups is 1. The lowest BCUT2D eigenvalue weighted by Crippen LogP contribution is -2.38. The first kappa shape index (κ1) is 9.65. The zero-order valence-electron chi connectivity index (χ0n) is 7.67. The van der Waals surface area contributed by atoms with Gasteiger partial charge in [-0.3, -0.25) is 4.79 Å². The van der Waals surface area contributed by atoms with E-state index in [2.05, 4.69) is 0 Å². The van der Waals surface area contributed by atoms with Crippen molar-refractivity contribution in [1.29, 1.82) is 0 Å². The average Bonchev–Trinajstić information content (AvgIpc) is 2.17. The van der Waals surface area contributed by atoms with E-state index in [-0.39, 0.29) is 5.91 Å². The number of nitrogens with zero attached hydrogens (tertiary/aromatic N) is 1. The molecular weight excluding hydrogens is 170 g/mol. The Morgan fingerprint density at radius 3 is 2.50 bits per heavy atom. The first-order valence-electron chi connectivity index (χ1n) is 4.25. The molecule has 0 aromatic heterocycles. The number of rotatable bonds is 1. The maximum atomic E-state index is 11.6. The summed E-state index contributed by atoms with van der Waals surface area (Å²) in [7, 11) is 0. The van der Waals surface area contributed by atoms with E-state index in [9.17, 15) is 4.79 Å². The van der Waals surface area contributed by atoms with Gasteiger partial charge in [-0.2, -0.15) is 11.8 Å². The van der Waals surface area contributed by atoms with Gasteiger partial charge in [0.25, 0.3) is 0 Å². The van der Waals surface area contributed by atoms with Crippen LogP contribution in [-0.4, -0.2) is 35.4 Å². The molecule has 0 saturated carbocycles. The average molecular weight is 185 g/mol. The number of amides is 1. The summed E-state index contributed by atoms with van der Waals surface area (Å²) in [6.07, 6.45) is 1.88. The Balaban J connectivity index is 2.51. The molecule has 1 aliphatic heterocycles. The van der Waals surface area contributed by atoms with Crippen molar-refractivity contribution in [2.24, 2.45) is 0 Å². The molecule has 1 aliphatic rings. The van der Waals surface area contributed by atoms with E-state index in [0.717, 1.165) is 30.2 Å². The van der Waals surface area contributed by atoms with Crippen LogP contribution < -0.4 is 0 Å². The number of allylic oxidation sites excluding steroid dienone is 1. The van der Waals surface area contributed by atoms with E-state index in [0.29, 0.717) is 0 Å². The van der Waals surface area contributed by atoms with Gasteiger partial charge < -0.3 is 4.90 Å². The van der Waals surface area contributed by atoms with Crippen LogP contribution in [0.15, 0.2) is 11.6 Å². The Labute approximate surface area is 78.0 Å². The molecule has 0 aliphatic carbocycles. The van der Waals surface area contributed by atoms with Crippen LogP contribution in [0.25, 0.3) is 0 Å². The Kier molecular flexibility index (Phi) is 3.66. The normalized spacial score (nSPS) is 19.5. The van der Waals surface area contributed by atoms with Crippen molar-refractivity contribution in [3.8, 4) is 0 Å². The van der Waals surface area contributed by atoms with E-state index in [1.165, 1.54) is 0 Å². The predicted octanol–water partition coefficient (Wildman–Crippen LogP) is 1.53. The lowest BCUT2D eigenvalue weighted by atomic mass is 10.2. The molecule has 0 aromatic carbocycles. The standard InChI is InChI=1S/C9H15NOS/c1-3-8(2)9(11)10-4-6-12-7-5-10/h3H,4-7H2,1-2H3/b8-3-. The van der Waals surface area contributed by atoms with Crippen LogP contribution in [0.1, 0.15) is 13.8 Å². The fourth-order valence-corrected chi connectivity index (χ4v) is 2.04. The van der Waals surface area contributed by atoms with Gasteiger partial charge in [-0.15, -0.1) is 0 Å². The summed E-state index contributed by atoms with van der Waals surface area (Å²) in [5.41, 5.74) is 0.863. The number of hydrogen-bond donors (Lipinski definition) is 0. The molecule has 1 fully saturated rings. The van der Waals surface area contributed by atoms with Crippen LogP contribution in [-0.2, 0) is 4.79 Å². The molecule has 12 heavy (non-hydrogen) atoms. The maximum Gasteiger partial charge on any atom is 0.249 e. The summed E-state index contributed by atoms with van der Waals surface area (Å²) in [6.45, 7) is 5.61. The molecular formula is C9H15NOS. The lowest BCUT2D eigenvalue weighted by molar-refractivity contribution is -0.126. The molecule has 0 radical (unpaired) electrons. The fraction of sp³-hybridized carbons (Fsp3) is 0.667. The van der Waals surface area contributed by atoms with Gasteiger partial charge in [0.05, 0.1) is 0 Å². The van der Waals surface area contributed by atoms with Crippen molar-refractivity contribution in [1.82, 2.24) is 4.90 Å². The van der Waals surface area contributed by atoms with E-state index in [1.807, 2.05) is 36.6 Å². The third kappa shape index (κ3) is 2.27. The second-order valence-electron chi connectivity index (χ2n) is 2.88. The fourth-order valence-electron chi connectivity index (χ4n) is 1.14. The van der Waals surface area contributed by atoms with Gasteiger partial charge in [0.15, 0.2) is 0 Å². The summed E-state index contributed by atoms with van der Waals surface area (Å²) >= 11 is 1.92. The minimum atomic E-state index is 0.206. The quantitative estimate of drug-likeness (QED) is 0.577. The van der Waals surface area contributed by atoms with Crippen molar-refractivity contribution in [2.75, 3.05) is 24.6 Å². The molecule has 68 valence electrons. The smallest absolute Gasteiger partial charge is 0.249 e. The third-order valence-corrected chi connectivity index (χ3v) is 3.01. The van der Waals surface area contributed by atoms with Crippen molar-refractivity contribution < 1.29 is 4.79 Å². The molecule has 1 amide bonds. The highest BCUT2D eigenvalue weighted by atomic mass is 32.2. The summed E-state index contributed by atoms with van der Waals surface area (Å²) in [4.78, 5) is 13.5. The lowest BCUT2D eigenvalue weighted by Gasteiger charge is -2.26. The summed E-state index contributed by atoms with van der Waals surface area (Å²) < 4.78 is 0. The van der Waals surface area contributed by atoms with Gasteiger partial charge >= 0.3 is 0 Å². The summed E-state index contributed by atoms with van der Waals surface area (Å²) in [5.74, 6) is 2.38. The van der Waals surface area contributed by atoms with Gasteiger partial charge in [-0.25, -0.2) is 0 Å². The van der Waals surface area contributed by atoms with Gasteiger partial charge in [-0.05, 0) is 13.8 Å². The minimum absolute atomic E-state index is 0.206. The Hall–Kier alpha value is -0.440. The Bertz CT molecular complexity index is 195. The summed E-state index contributed by atoms with van der Waals surface area (Å²) in [5, 5.41) is 0. The van der Waals surface area contributed by atoms with Crippen molar-refractivity contribution >= 4 is 17.7 Å². The molecule has 0 atom stereocenters. The molecule has 1 rings (SSSR count). The molecule has 0 aromatic rings. The zero-order valence-corrected chi connectivity index (χ0v) is 8.49. The molecule has 1 saturated heterocycles. The van der Waals surface area contributed by atoms with Gasteiger partial charge in [0.1, 0.15) is 0 Å². The van der Waals surface area contributed by atoms with Gasteiger partial charge in [0, 0.05) is 30.2 Å². The Morgan fingerprint density at radius 1 is 1.42 bits per heavy atom. The Morgan fingerprint density at radius 2 is 2.00 bits per heavy atom. The summed E-state index contributed by atoms with van der Waals surface area (Å²) in [6, 6.07) is 0. The highest BCUT2D eigenvalue weighted by Crippen LogP contribution is 2.11.